The van der Waals surface area contributed by atoms with Gasteiger partial charge in [-0.15, -0.1) is 0 Å². The summed E-state index contributed by atoms with van der Waals surface area (Å²) in [7, 11) is 0. The first kappa shape index (κ1) is 14.4. The van der Waals surface area contributed by atoms with Crippen molar-refractivity contribution in [3.63, 3.8) is 0 Å². The average molecular weight is 447 g/mol. The van der Waals surface area contributed by atoms with E-state index in [1.165, 1.54) is 47.1 Å². The predicted molar refractivity (Wildman–Crippen MR) is 120 cm³/mol. The van der Waals surface area contributed by atoms with Gasteiger partial charge in [0, 0.05) is 31.1 Å². The minimum absolute atomic E-state index is 0.792. The first-order valence-electron chi connectivity index (χ1n) is 8.51. The van der Waals surface area contributed by atoms with Crippen molar-refractivity contribution in [1.29, 1.82) is 0 Å². The van der Waals surface area contributed by atoms with Gasteiger partial charge in [0.1, 0.15) is 0 Å². The fourth-order valence-corrected chi connectivity index (χ4v) is 4.52. The van der Waals surface area contributed by atoms with E-state index in [4.69, 9.17) is 5.73 Å². The molecule has 0 atom stereocenters. The van der Waals surface area contributed by atoms with Gasteiger partial charge in [-0.25, -0.2) is 0 Å². The van der Waals surface area contributed by atoms with Gasteiger partial charge in [-0.3, -0.25) is 0 Å². The van der Waals surface area contributed by atoms with Crippen LogP contribution < -0.4 is 5.73 Å². The summed E-state index contributed by atoms with van der Waals surface area (Å²) in [5.41, 5.74) is 11.4. The molecule has 4 aromatic carbocycles. The number of hydrogen-bond donors (Lipinski definition) is 3. The Morgan fingerprint density at radius 1 is 0.615 bits per heavy atom. The highest BCUT2D eigenvalue weighted by molar-refractivity contribution is 14.1. The van der Waals surface area contributed by atoms with E-state index in [1.54, 1.807) is 0 Å². The lowest BCUT2D eigenvalue weighted by molar-refractivity contribution is 1.57. The number of benzene rings is 4. The lowest BCUT2D eigenvalue weighted by atomic mass is 10.1. The number of anilines is 1. The number of nitrogens with one attached hydrogen (secondary N) is 2. The molecule has 4 N–H and O–H groups in total. The van der Waals surface area contributed by atoms with E-state index < -0.39 is 0 Å². The van der Waals surface area contributed by atoms with Gasteiger partial charge in [0.2, 0.25) is 0 Å². The molecule has 0 spiro atoms. The number of aromatic nitrogens is 2. The second-order valence-corrected chi connectivity index (χ2v) is 8.14. The maximum Gasteiger partial charge on any atom is 0.0725 e. The third-order valence-corrected chi connectivity index (χ3v) is 5.92. The molecule has 0 aliphatic heterocycles. The van der Waals surface area contributed by atoms with E-state index in [0.717, 1.165) is 16.6 Å². The van der Waals surface area contributed by atoms with Crippen molar-refractivity contribution in [1.82, 2.24) is 9.97 Å². The Labute approximate surface area is 162 Å². The quantitative estimate of drug-likeness (QED) is 0.186. The number of nitrogens with two attached hydrogens (primary N) is 1. The van der Waals surface area contributed by atoms with Gasteiger partial charge in [-0.1, -0.05) is 12.1 Å². The van der Waals surface area contributed by atoms with E-state index in [-0.39, 0.29) is 0 Å². The molecule has 6 rings (SSSR count). The standard InChI is InChI=1S/C22H14IN3/c23-15-3-1-11-7-17-19(9-13(11)5-15)25-22-18-8-12-2-4-16(24)6-14(12)10-20(18)26-21(17)22/h1-10,25-26H,24H2. The molecule has 2 aromatic heterocycles. The summed E-state index contributed by atoms with van der Waals surface area (Å²) in [5.74, 6) is 0. The molecule has 26 heavy (non-hydrogen) atoms. The summed E-state index contributed by atoms with van der Waals surface area (Å²) in [6.45, 7) is 0. The van der Waals surface area contributed by atoms with Crippen LogP contribution in [0.15, 0.2) is 60.7 Å². The molecule has 0 fully saturated rings. The third kappa shape index (κ3) is 1.93. The number of H-pyrrole nitrogens is 2. The van der Waals surface area contributed by atoms with Gasteiger partial charge >= 0.3 is 0 Å². The second-order valence-electron chi connectivity index (χ2n) is 6.89. The number of halogens is 1. The normalized spacial score (nSPS) is 12.2. The zero-order valence-electron chi connectivity index (χ0n) is 13.7. The van der Waals surface area contributed by atoms with E-state index in [1.807, 2.05) is 12.1 Å². The van der Waals surface area contributed by atoms with Gasteiger partial charge in [0.25, 0.3) is 0 Å². The van der Waals surface area contributed by atoms with Crippen LogP contribution in [0.5, 0.6) is 0 Å². The number of nitrogen functional groups attached to an aromatic ring is 1. The van der Waals surface area contributed by atoms with E-state index in [0.29, 0.717) is 0 Å². The number of rotatable bonds is 0. The smallest absolute Gasteiger partial charge is 0.0725 e. The number of fused-ring (bicyclic) bond motifs is 7. The Morgan fingerprint density at radius 2 is 1.19 bits per heavy atom. The van der Waals surface area contributed by atoms with Gasteiger partial charge in [0.05, 0.1) is 11.0 Å². The summed E-state index contributed by atoms with van der Waals surface area (Å²) < 4.78 is 1.25. The predicted octanol–water partition coefficient (Wildman–Crippen LogP) is 6.30. The van der Waals surface area contributed by atoms with Crippen LogP contribution in [0.4, 0.5) is 5.69 Å². The summed E-state index contributed by atoms with van der Waals surface area (Å²) in [6, 6.07) is 21.6. The largest absolute Gasteiger partial charge is 0.399 e. The molecule has 4 heteroatoms. The zero-order chi connectivity index (χ0) is 17.4. The van der Waals surface area contributed by atoms with Gasteiger partial charge in [-0.05, 0) is 92.7 Å². The van der Waals surface area contributed by atoms with E-state index in [2.05, 4.69) is 81.1 Å². The molecular formula is C22H14IN3. The molecule has 0 saturated heterocycles. The molecule has 3 nitrogen and oxygen atoms in total. The summed E-state index contributed by atoms with van der Waals surface area (Å²) >= 11 is 2.36. The Balaban J connectivity index is 1.75. The highest BCUT2D eigenvalue weighted by Gasteiger charge is 2.12. The lowest BCUT2D eigenvalue weighted by Crippen LogP contribution is -1.83. The van der Waals surface area contributed by atoms with Crippen molar-refractivity contribution in [2.45, 2.75) is 0 Å². The summed E-state index contributed by atoms with van der Waals surface area (Å²) in [5, 5.41) is 7.33. The molecule has 0 aliphatic carbocycles. The molecule has 0 radical (unpaired) electrons. The molecule has 0 amide bonds. The highest BCUT2D eigenvalue weighted by Crippen LogP contribution is 2.35. The second kappa shape index (κ2) is 4.92. The van der Waals surface area contributed by atoms with Crippen LogP contribution >= 0.6 is 22.6 Å². The van der Waals surface area contributed by atoms with Crippen LogP contribution in [0.3, 0.4) is 0 Å². The Morgan fingerprint density at radius 3 is 1.85 bits per heavy atom. The van der Waals surface area contributed by atoms with Crippen molar-refractivity contribution in [3.05, 3.63) is 64.2 Å². The molecule has 0 aliphatic rings. The lowest BCUT2D eigenvalue weighted by Gasteiger charge is -2.01. The molecule has 6 aromatic rings. The van der Waals surface area contributed by atoms with Crippen molar-refractivity contribution in [2.24, 2.45) is 0 Å². The number of hydrogen-bond acceptors (Lipinski definition) is 1. The maximum absolute atomic E-state index is 5.94. The maximum atomic E-state index is 5.94. The van der Waals surface area contributed by atoms with Crippen molar-refractivity contribution in [3.8, 4) is 0 Å². The molecule has 0 bridgehead atoms. The monoisotopic (exact) mass is 447 g/mol. The summed E-state index contributed by atoms with van der Waals surface area (Å²) in [6.07, 6.45) is 0. The van der Waals surface area contributed by atoms with E-state index >= 15 is 0 Å². The average Bonchev–Trinajstić information content (AvgIpc) is 3.13. The molecule has 2 heterocycles. The van der Waals surface area contributed by atoms with Crippen molar-refractivity contribution in [2.75, 3.05) is 5.73 Å². The fourth-order valence-electron chi connectivity index (χ4n) is 4.00. The van der Waals surface area contributed by atoms with Crippen LogP contribution in [0.2, 0.25) is 0 Å². The Kier molecular flexibility index (Phi) is 2.73. The Bertz CT molecular complexity index is 1390. The van der Waals surface area contributed by atoms with Crippen LogP contribution in [0, 0.1) is 3.57 Å². The molecular weight excluding hydrogens is 433 g/mol. The fraction of sp³-hybridized carbons (Fsp3) is 0. The van der Waals surface area contributed by atoms with Gasteiger partial charge in [0.15, 0.2) is 0 Å². The van der Waals surface area contributed by atoms with Crippen molar-refractivity contribution < 1.29 is 0 Å². The first-order valence-corrected chi connectivity index (χ1v) is 9.59. The van der Waals surface area contributed by atoms with Crippen LogP contribution in [0.25, 0.3) is 54.4 Å². The van der Waals surface area contributed by atoms with E-state index in [9.17, 15) is 0 Å². The minimum atomic E-state index is 0.792. The summed E-state index contributed by atoms with van der Waals surface area (Å²) in [4.78, 5) is 7.25. The highest BCUT2D eigenvalue weighted by atomic mass is 127. The SMILES string of the molecule is Nc1ccc2cc3c(cc2c1)[nH]c1c2cc4ccc(I)cc4cc2[nH]c31. The third-order valence-electron chi connectivity index (χ3n) is 5.25. The minimum Gasteiger partial charge on any atom is -0.399 e. The molecule has 124 valence electrons. The molecule has 0 unspecified atom stereocenters. The van der Waals surface area contributed by atoms with Crippen LogP contribution in [-0.2, 0) is 0 Å². The van der Waals surface area contributed by atoms with Gasteiger partial charge in [-0.2, -0.15) is 0 Å². The van der Waals surface area contributed by atoms with Crippen LogP contribution in [-0.4, -0.2) is 9.97 Å². The molecule has 0 saturated carbocycles. The van der Waals surface area contributed by atoms with Crippen LogP contribution in [0.1, 0.15) is 0 Å². The zero-order valence-corrected chi connectivity index (χ0v) is 15.9. The number of aromatic amines is 2. The Hall–Kier alpha value is -2.73. The van der Waals surface area contributed by atoms with Gasteiger partial charge < -0.3 is 15.7 Å². The first-order chi connectivity index (χ1) is 12.7. The van der Waals surface area contributed by atoms with Crippen molar-refractivity contribution >= 4 is 82.7 Å². The topological polar surface area (TPSA) is 57.6 Å².